The Labute approximate surface area is 134 Å². The minimum atomic E-state index is -0.394. The number of amides is 1. The van der Waals surface area contributed by atoms with Crippen molar-refractivity contribution in [3.05, 3.63) is 53.1 Å². The number of halogens is 1. The number of aliphatic hydroxyl groups is 1. The summed E-state index contributed by atoms with van der Waals surface area (Å²) >= 11 is 0. The van der Waals surface area contributed by atoms with Gasteiger partial charge in [-0.1, -0.05) is 6.07 Å². The van der Waals surface area contributed by atoms with E-state index in [4.69, 9.17) is 0 Å². The molecule has 0 radical (unpaired) electrons. The van der Waals surface area contributed by atoms with Crippen LogP contribution in [0.25, 0.3) is 0 Å². The van der Waals surface area contributed by atoms with Crippen LogP contribution in [-0.4, -0.2) is 26.9 Å². The highest BCUT2D eigenvalue weighted by atomic mass is 19.1. The van der Waals surface area contributed by atoms with Gasteiger partial charge in [-0.05, 0) is 43.4 Å². The summed E-state index contributed by atoms with van der Waals surface area (Å²) in [7, 11) is 1.81. The predicted octanol–water partition coefficient (Wildman–Crippen LogP) is 2.11. The van der Waals surface area contributed by atoms with Gasteiger partial charge < -0.3 is 10.4 Å². The number of hydrogen-bond donors (Lipinski definition) is 2. The van der Waals surface area contributed by atoms with Gasteiger partial charge in [-0.2, -0.15) is 5.10 Å². The molecule has 1 heterocycles. The molecule has 1 saturated carbocycles. The van der Waals surface area contributed by atoms with Crippen LogP contribution in [0.1, 0.15) is 40.4 Å². The van der Waals surface area contributed by atoms with Gasteiger partial charge in [0.05, 0.1) is 18.3 Å². The molecule has 1 atom stereocenters. The molecule has 1 aliphatic rings. The fraction of sp³-hybridized carbons (Fsp3) is 0.412. The molecule has 1 fully saturated rings. The SMILES string of the molecule is Cc1ccc(C(=O)NC(c2cnn(C)c2)C2CC(O)C2)cc1F. The third-order valence-electron chi connectivity index (χ3n) is 4.43. The molecule has 1 aliphatic carbocycles. The van der Waals surface area contributed by atoms with E-state index < -0.39 is 5.82 Å². The van der Waals surface area contributed by atoms with E-state index >= 15 is 0 Å². The highest BCUT2D eigenvalue weighted by Crippen LogP contribution is 2.38. The normalized spacial score (nSPS) is 21.6. The first kappa shape index (κ1) is 15.7. The molecule has 23 heavy (non-hydrogen) atoms. The van der Waals surface area contributed by atoms with Crippen LogP contribution in [0, 0.1) is 18.7 Å². The van der Waals surface area contributed by atoms with Gasteiger partial charge in [0, 0.05) is 24.4 Å². The molecule has 0 aliphatic heterocycles. The molecule has 0 saturated heterocycles. The summed E-state index contributed by atoms with van der Waals surface area (Å²) in [6.07, 6.45) is 4.54. The Morgan fingerprint density at radius 3 is 2.78 bits per heavy atom. The monoisotopic (exact) mass is 317 g/mol. The minimum absolute atomic E-state index is 0.161. The fourth-order valence-corrected chi connectivity index (χ4v) is 2.93. The van der Waals surface area contributed by atoms with Gasteiger partial charge in [0.1, 0.15) is 5.82 Å². The molecule has 0 spiro atoms. The molecule has 1 unspecified atom stereocenters. The number of carbonyl (C=O) groups excluding carboxylic acids is 1. The van der Waals surface area contributed by atoms with Crippen LogP contribution >= 0.6 is 0 Å². The van der Waals surface area contributed by atoms with E-state index in [2.05, 4.69) is 10.4 Å². The summed E-state index contributed by atoms with van der Waals surface area (Å²) in [4.78, 5) is 12.5. The Balaban J connectivity index is 1.80. The smallest absolute Gasteiger partial charge is 0.251 e. The number of carbonyl (C=O) groups is 1. The number of aryl methyl sites for hydroxylation is 2. The van der Waals surface area contributed by atoms with Crippen LogP contribution in [0.2, 0.25) is 0 Å². The average molecular weight is 317 g/mol. The predicted molar refractivity (Wildman–Crippen MR) is 83.3 cm³/mol. The standard InChI is InChI=1S/C17H20FN3O2/c1-10-3-4-11(7-15(10)18)17(23)20-16(12-5-14(22)6-12)13-8-19-21(2)9-13/h3-4,7-9,12,14,16,22H,5-6H2,1-2H3,(H,20,23). The number of aliphatic hydroxyl groups excluding tert-OH is 1. The van der Waals surface area contributed by atoms with Gasteiger partial charge in [-0.15, -0.1) is 0 Å². The summed E-state index contributed by atoms with van der Waals surface area (Å²) in [5.74, 6) is -0.553. The molecule has 2 aromatic rings. The third-order valence-corrected chi connectivity index (χ3v) is 4.43. The lowest BCUT2D eigenvalue weighted by molar-refractivity contribution is 0.0235. The third kappa shape index (κ3) is 3.27. The Bertz CT molecular complexity index is 722. The maximum absolute atomic E-state index is 13.7. The van der Waals surface area contributed by atoms with Crippen LogP contribution in [0.15, 0.2) is 30.6 Å². The average Bonchev–Trinajstić information content (AvgIpc) is 2.91. The first-order chi connectivity index (χ1) is 10.9. The van der Waals surface area contributed by atoms with Crippen molar-refractivity contribution in [2.45, 2.75) is 31.9 Å². The van der Waals surface area contributed by atoms with E-state index in [1.165, 1.54) is 6.07 Å². The maximum Gasteiger partial charge on any atom is 0.251 e. The van der Waals surface area contributed by atoms with E-state index in [0.29, 0.717) is 24.0 Å². The number of hydrogen-bond acceptors (Lipinski definition) is 3. The molecule has 122 valence electrons. The van der Waals surface area contributed by atoms with Crippen LogP contribution in [0.4, 0.5) is 4.39 Å². The van der Waals surface area contributed by atoms with E-state index in [0.717, 1.165) is 5.56 Å². The molecule has 6 heteroatoms. The highest BCUT2D eigenvalue weighted by molar-refractivity contribution is 5.94. The Morgan fingerprint density at radius 1 is 1.48 bits per heavy atom. The minimum Gasteiger partial charge on any atom is -0.393 e. The lowest BCUT2D eigenvalue weighted by Gasteiger charge is -2.37. The molecule has 1 amide bonds. The molecular formula is C17H20FN3O2. The topological polar surface area (TPSA) is 67.2 Å². The quantitative estimate of drug-likeness (QED) is 0.907. The van der Waals surface area contributed by atoms with E-state index in [1.807, 2.05) is 13.2 Å². The molecule has 2 N–H and O–H groups in total. The van der Waals surface area contributed by atoms with Crippen molar-refractivity contribution < 1.29 is 14.3 Å². The van der Waals surface area contributed by atoms with Gasteiger partial charge in [-0.3, -0.25) is 9.48 Å². The van der Waals surface area contributed by atoms with Crippen molar-refractivity contribution in [1.82, 2.24) is 15.1 Å². The summed E-state index contributed by atoms with van der Waals surface area (Å²) in [5.41, 5.74) is 1.69. The lowest BCUT2D eigenvalue weighted by Crippen LogP contribution is -2.41. The van der Waals surface area contributed by atoms with Crippen LogP contribution in [0.5, 0.6) is 0 Å². The summed E-state index contributed by atoms with van der Waals surface area (Å²) in [5, 5.41) is 16.7. The van der Waals surface area contributed by atoms with Gasteiger partial charge in [0.15, 0.2) is 0 Å². The van der Waals surface area contributed by atoms with Crippen molar-refractivity contribution >= 4 is 5.91 Å². The van der Waals surface area contributed by atoms with Gasteiger partial charge in [-0.25, -0.2) is 4.39 Å². The van der Waals surface area contributed by atoms with Crippen LogP contribution in [0.3, 0.4) is 0 Å². The van der Waals surface area contributed by atoms with Gasteiger partial charge >= 0.3 is 0 Å². The Hall–Kier alpha value is -2.21. The molecule has 1 aromatic carbocycles. The Kier molecular flexibility index (Phi) is 4.17. The number of aromatic nitrogens is 2. The summed E-state index contributed by atoms with van der Waals surface area (Å²) in [6, 6.07) is 4.23. The summed E-state index contributed by atoms with van der Waals surface area (Å²) in [6.45, 7) is 1.66. The number of rotatable bonds is 4. The zero-order valence-corrected chi connectivity index (χ0v) is 13.2. The molecule has 1 aromatic heterocycles. The number of benzene rings is 1. The first-order valence-corrected chi connectivity index (χ1v) is 7.67. The molecule has 3 rings (SSSR count). The molecule has 5 nitrogen and oxygen atoms in total. The molecular weight excluding hydrogens is 297 g/mol. The van der Waals surface area contributed by atoms with Crippen LogP contribution < -0.4 is 5.32 Å². The van der Waals surface area contributed by atoms with E-state index in [1.54, 1.807) is 29.9 Å². The summed E-state index contributed by atoms with van der Waals surface area (Å²) < 4.78 is 15.3. The number of nitrogens with zero attached hydrogens (tertiary/aromatic N) is 2. The zero-order chi connectivity index (χ0) is 16.6. The second-order valence-electron chi connectivity index (χ2n) is 6.25. The van der Waals surface area contributed by atoms with E-state index in [9.17, 15) is 14.3 Å². The van der Waals surface area contributed by atoms with Crippen LogP contribution in [-0.2, 0) is 7.05 Å². The van der Waals surface area contributed by atoms with Crippen molar-refractivity contribution in [2.24, 2.45) is 13.0 Å². The largest absolute Gasteiger partial charge is 0.393 e. The Morgan fingerprint density at radius 2 is 2.22 bits per heavy atom. The molecule has 0 bridgehead atoms. The van der Waals surface area contributed by atoms with Gasteiger partial charge in [0.2, 0.25) is 0 Å². The second kappa shape index (κ2) is 6.12. The fourth-order valence-electron chi connectivity index (χ4n) is 2.93. The van der Waals surface area contributed by atoms with Crippen molar-refractivity contribution in [3.8, 4) is 0 Å². The zero-order valence-electron chi connectivity index (χ0n) is 13.2. The van der Waals surface area contributed by atoms with Crippen molar-refractivity contribution in [2.75, 3.05) is 0 Å². The van der Waals surface area contributed by atoms with Gasteiger partial charge in [0.25, 0.3) is 5.91 Å². The number of nitrogens with one attached hydrogen (secondary N) is 1. The first-order valence-electron chi connectivity index (χ1n) is 7.67. The van der Waals surface area contributed by atoms with Crippen molar-refractivity contribution in [3.63, 3.8) is 0 Å². The highest BCUT2D eigenvalue weighted by Gasteiger charge is 2.36. The van der Waals surface area contributed by atoms with Crippen molar-refractivity contribution in [1.29, 1.82) is 0 Å². The lowest BCUT2D eigenvalue weighted by atomic mass is 9.75. The second-order valence-corrected chi connectivity index (χ2v) is 6.25. The van der Waals surface area contributed by atoms with E-state index in [-0.39, 0.29) is 24.0 Å². The maximum atomic E-state index is 13.7.